The summed E-state index contributed by atoms with van der Waals surface area (Å²) in [6.45, 7) is 0. The molecule has 0 aliphatic rings. The number of carbonyl (C=O) groups excluding carboxylic acids is 1. The zero-order valence-corrected chi connectivity index (χ0v) is 9.81. The first-order valence-corrected chi connectivity index (χ1v) is 5.38. The van der Waals surface area contributed by atoms with E-state index in [1.165, 1.54) is 0 Å². The van der Waals surface area contributed by atoms with Gasteiger partial charge in [0, 0.05) is 24.2 Å². The lowest BCUT2D eigenvalue weighted by atomic mass is 10.2. The molecule has 2 rings (SSSR count). The van der Waals surface area contributed by atoms with Crippen molar-refractivity contribution in [3.8, 4) is 0 Å². The third kappa shape index (κ3) is 2.43. The molecule has 4 nitrogen and oxygen atoms in total. The van der Waals surface area contributed by atoms with Crippen LogP contribution in [-0.2, 0) is 0 Å². The number of pyridine rings is 2. The lowest BCUT2D eigenvalue weighted by Crippen LogP contribution is -2.13. The van der Waals surface area contributed by atoms with Crippen molar-refractivity contribution in [2.75, 3.05) is 5.32 Å². The molecule has 0 unspecified atom stereocenters. The second-order valence-corrected chi connectivity index (χ2v) is 3.88. The zero-order chi connectivity index (χ0) is 11.4. The fourth-order valence-corrected chi connectivity index (χ4v) is 1.51. The van der Waals surface area contributed by atoms with Crippen LogP contribution in [0, 0.1) is 0 Å². The fraction of sp³-hybridized carbons (Fsp3) is 0. The number of amides is 1. The van der Waals surface area contributed by atoms with Gasteiger partial charge in [0.1, 0.15) is 5.82 Å². The van der Waals surface area contributed by atoms with E-state index in [2.05, 4.69) is 31.2 Å². The average Bonchev–Trinajstić information content (AvgIpc) is 2.33. The quantitative estimate of drug-likeness (QED) is 0.918. The smallest absolute Gasteiger partial charge is 0.256 e. The van der Waals surface area contributed by atoms with E-state index in [1.54, 1.807) is 36.8 Å². The summed E-state index contributed by atoms with van der Waals surface area (Å²) >= 11 is 3.31. The van der Waals surface area contributed by atoms with Gasteiger partial charge in [-0.05, 0) is 40.2 Å². The molecule has 0 saturated heterocycles. The molecule has 0 fully saturated rings. The molecule has 0 aliphatic carbocycles. The molecule has 2 aromatic heterocycles. The zero-order valence-electron chi connectivity index (χ0n) is 8.22. The van der Waals surface area contributed by atoms with Gasteiger partial charge in [-0.15, -0.1) is 0 Å². The van der Waals surface area contributed by atoms with Crippen LogP contribution in [0.5, 0.6) is 0 Å². The lowest BCUT2D eigenvalue weighted by molar-refractivity contribution is 0.102. The summed E-state index contributed by atoms with van der Waals surface area (Å²) < 4.78 is 0.748. The van der Waals surface area contributed by atoms with Crippen molar-refractivity contribution >= 4 is 27.7 Å². The number of nitrogens with one attached hydrogen (secondary N) is 1. The van der Waals surface area contributed by atoms with Gasteiger partial charge in [0.15, 0.2) is 0 Å². The molecule has 16 heavy (non-hydrogen) atoms. The molecule has 2 heterocycles. The van der Waals surface area contributed by atoms with E-state index in [9.17, 15) is 4.79 Å². The molecule has 0 bridgehead atoms. The summed E-state index contributed by atoms with van der Waals surface area (Å²) in [4.78, 5) is 19.7. The van der Waals surface area contributed by atoms with Gasteiger partial charge in [0.25, 0.3) is 5.91 Å². The number of carbonyl (C=O) groups is 1. The third-order valence-corrected chi connectivity index (χ3v) is 2.57. The fourth-order valence-electron chi connectivity index (χ4n) is 1.16. The number of hydrogen-bond donors (Lipinski definition) is 1. The van der Waals surface area contributed by atoms with Crippen LogP contribution in [0.2, 0.25) is 0 Å². The highest BCUT2D eigenvalue weighted by Gasteiger charge is 2.07. The molecule has 5 heteroatoms. The Kier molecular flexibility index (Phi) is 3.26. The van der Waals surface area contributed by atoms with Crippen LogP contribution in [-0.4, -0.2) is 15.9 Å². The van der Waals surface area contributed by atoms with Crippen molar-refractivity contribution in [2.24, 2.45) is 0 Å². The first-order chi connectivity index (χ1) is 7.77. The van der Waals surface area contributed by atoms with Crippen molar-refractivity contribution in [1.29, 1.82) is 0 Å². The van der Waals surface area contributed by atoms with Gasteiger partial charge in [0.05, 0.1) is 4.47 Å². The number of nitrogens with zero attached hydrogens (tertiary/aromatic N) is 2. The number of hydrogen-bond acceptors (Lipinski definition) is 3. The summed E-state index contributed by atoms with van der Waals surface area (Å²) in [6.07, 6.45) is 4.76. The van der Waals surface area contributed by atoms with Gasteiger partial charge in [-0.2, -0.15) is 0 Å². The van der Waals surface area contributed by atoms with Crippen LogP contribution in [0.15, 0.2) is 47.3 Å². The third-order valence-electron chi connectivity index (χ3n) is 1.93. The lowest BCUT2D eigenvalue weighted by Gasteiger charge is -2.05. The predicted octanol–water partition coefficient (Wildman–Crippen LogP) is 2.49. The number of aromatic nitrogens is 2. The Morgan fingerprint density at radius 2 is 1.94 bits per heavy atom. The molecule has 0 atom stereocenters. The van der Waals surface area contributed by atoms with Gasteiger partial charge >= 0.3 is 0 Å². The SMILES string of the molecule is O=C(Nc1ncccc1Br)c1ccncc1. The van der Waals surface area contributed by atoms with Gasteiger partial charge in [-0.25, -0.2) is 4.98 Å². The summed E-state index contributed by atoms with van der Waals surface area (Å²) in [5, 5.41) is 2.70. The van der Waals surface area contributed by atoms with Gasteiger partial charge in [0.2, 0.25) is 0 Å². The second kappa shape index (κ2) is 4.85. The standard InChI is InChI=1S/C11H8BrN3O/c12-9-2-1-5-14-10(9)15-11(16)8-3-6-13-7-4-8/h1-7H,(H,14,15,16). The maximum atomic E-state index is 11.8. The minimum atomic E-state index is -0.207. The maximum absolute atomic E-state index is 11.8. The van der Waals surface area contributed by atoms with Gasteiger partial charge in [-0.3, -0.25) is 9.78 Å². The highest BCUT2D eigenvalue weighted by Crippen LogP contribution is 2.18. The van der Waals surface area contributed by atoms with Crippen LogP contribution < -0.4 is 5.32 Å². The van der Waals surface area contributed by atoms with E-state index >= 15 is 0 Å². The molecular weight excluding hydrogens is 270 g/mol. The molecule has 0 aliphatic heterocycles. The average molecular weight is 278 g/mol. The van der Waals surface area contributed by atoms with Crippen molar-refractivity contribution in [2.45, 2.75) is 0 Å². The van der Waals surface area contributed by atoms with Crippen molar-refractivity contribution in [1.82, 2.24) is 9.97 Å². The first kappa shape index (κ1) is 10.8. The molecule has 0 radical (unpaired) electrons. The van der Waals surface area contributed by atoms with E-state index in [0.29, 0.717) is 11.4 Å². The van der Waals surface area contributed by atoms with Crippen molar-refractivity contribution in [3.05, 3.63) is 52.9 Å². The molecule has 1 N–H and O–H groups in total. The molecule has 0 aromatic carbocycles. The van der Waals surface area contributed by atoms with Crippen LogP contribution in [0.1, 0.15) is 10.4 Å². The molecular formula is C11H8BrN3O. The second-order valence-electron chi connectivity index (χ2n) is 3.02. The highest BCUT2D eigenvalue weighted by atomic mass is 79.9. The van der Waals surface area contributed by atoms with Crippen molar-refractivity contribution in [3.63, 3.8) is 0 Å². The van der Waals surface area contributed by atoms with Crippen LogP contribution in [0.25, 0.3) is 0 Å². The molecule has 80 valence electrons. The summed E-state index contributed by atoms with van der Waals surface area (Å²) in [5.41, 5.74) is 0.549. The van der Waals surface area contributed by atoms with Crippen LogP contribution in [0.3, 0.4) is 0 Å². The maximum Gasteiger partial charge on any atom is 0.256 e. The Morgan fingerprint density at radius 3 is 2.62 bits per heavy atom. The largest absolute Gasteiger partial charge is 0.306 e. The van der Waals surface area contributed by atoms with Crippen LogP contribution in [0.4, 0.5) is 5.82 Å². The first-order valence-electron chi connectivity index (χ1n) is 4.59. The summed E-state index contributed by atoms with van der Waals surface area (Å²) in [7, 11) is 0. The predicted molar refractivity (Wildman–Crippen MR) is 64.1 cm³/mol. The van der Waals surface area contributed by atoms with E-state index in [-0.39, 0.29) is 5.91 Å². The Labute approximate surface area is 101 Å². The van der Waals surface area contributed by atoms with E-state index < -0.39 is 0 Å². The monoisotopic (exact) mass is 277 g/mol. The number of halogens is 1. The summed E-state index contributed by atoms with van der Waals surface area (Å²) in [5.74, 6) is 0.297. The molecule has 0 spiro atoms. The van der Waals surface area contributed by atoms with E-state index in [1.807, 2.05) is 6.07 Å². The van der Waals surface area contributed by atoms with Crippen molar-refractivity contribution < 1.29 is 4.79 Å². The Hall–Kier alpha value is -1.75. The number of rotatable bonds is 2. The Bertz CT molecular complexity index is 502. The van der Waals surface area contributed by atoms with Crippen LogP contribution >= 0.6 is 15.9 Å². The minimum absolute atomic E-state index is 0.207. The number of anilines is 1. The highest BCUT2D eigenvalue weighted by molar-refractivity contribution is 9.10. The molecule has 1 amide bonds. The normalized spacial score (nSPS) is 9.81. The minimum Gasteiger partial charge on any atom is -0.306 e. The molecule has 2 aromatic rings. The van der Waals surface area contributed by atoms with E-state index in [4.69, 9.17) is 0 Å². The van der Waals surface area contributed by atoms with Gasteiger partial charge in [-0.1, -0.05) is 0 Å². The van der Waals surface area contributed by atoms with E-state index in [0.717, 1.165) is 4.47 Å². The molecule has 0 saturated carbocycles. The Balaban J connectivity index is 2.18. The van der Waals surface area contributed by atoms with Gasteiger partial charge < -0.3 is 5.32 Å². The summed E-state index contributed by atoms with van der Waals surface area (Å²) in [6, 6.07) is 6.89. The Morgan fingerprint density at radius 1 is 1.19 bits per heavy atom. The topological polar surface area (TPSA) is 54.9 Å².